The molecule has 13 heavy (non-hydrogen) atoms. The molecule has 0 saturated carbocycles. The Balaban J connectivity index is 2.50. The van der Waals surface area contributed by atoms with Gasteiger partial charge in [-0.3, -0.25) is 9.89 Å². The van der Waals surface area contributed by atoms with E-state index in [1.807, 2.05) is 13.0 Å². The summed E-state index contributed by atoms with van der Waals surface area (Å²) in [6.07, 6.45) is 5.60. The first-order chi connectivity index (χ1) is 6.24. The first-order valence-corrected chi connectivity index (χ1v) is 3.97. The Hall–Kier alpha value is -1.58. The molecule has 1 heterocycles. The zero-order valence-corrected chi connectivity index (χ0v) is 7.70. The third-order valence-corrected chi connectivity index (χ3v) is 1.68. The van der Waals surface area contributed by atoms with Crippen molar-refractivity contribution < 1.29 is 9.53 Å². The van der Waals surface area contributed by atoms with Crippen LogP contribution in [-0.4, -0.2) is 23.3 Å². The van der Waals surface area contributed by atoms with E-state index in [0.29, 0.717) is 6.42 Å². The van der Waals surface area contributed by atoms with Gasteiger partial charge in [0.05, 0.1) is 19.7 Å². The quantitative estimate of drug-likeness (QED) is 0.713. The van der Waals surface area contributed by atoms with E-state index < -0.39 is 0 Å². The molecule has 1 aromatic rings. The highest BCUT2D eigenvalue weighted by Crippen LogP contribution is 2.05. The number of esters is 1. The molecule has 0 radical (unpaired) electrons. The van der Waals surface area contributed by atoms with E-state index in [0.717, 1.165) is 11.3 Å². The van der Waals surface area contributed by atoms with Crippen molar-refractivity contribution in [2.45, 2.75) is 13.3 Å². The van der Waals surface area contributed by atoms with Crippen LogP contribution in [0, 0.1) is 6.92 Å². The summed E-state index contributed by atoms with van der Waals surface area (Å²) in [5.74, 6) is -0.239. The van der Waals surface area contributed by atoms with Crippen molar-refractivity contribution in [1.29, 1.82) is 0 Å². The third-order valence-electron chi connectivity index (χ3n) is 1.68. The normalized spacial score (nSPS) is 10.6. The molecule has 1 aromatic heterocycles. The third kappa shape index (κ3) is 2.74. The van der Waals surface area contributed by atoms with Gasteiger partial charge < -0.3 is 4.74 Å². The molecule has 70 valence electrons. The van der Waals surface area contributed by atoms with Gasteiger partial charge in [0.15, 0.2) is 0 Å². The number of nitrogens with zero attached hydrogens (tertiary/aromatic N) is 1. The molecule has 0 aliphatic carbocycles. The maximum absolute atomic E-state index is 10.7. The minimum absolute atomic E-state index is 0.239. The molecule has 0 aliphatic rings. The van der Waals surface area contributed by atoms with Crippen LogP contribution in [0.5, 0.6) is 0 Å². The van der Waals surface area contributed by atoms with Crippen molar-refractivity contribution in [3.05, 3.63) is 23.5 Å². The fourth-order valence-electron chi connectivity index (χ4n) is 0.894. The summed E-state index contributed by atoms with van der Waals surface area (Å²) in [4.78, 5) is 10.7. The van der Waals surface area contributed by atoms with Crippen molar-refractivity contribution in [2.24, 2.45) is 0 Å². The minimum Gasteiger partial charge on any atom is -0.469 e. The highest BCUT2D eigenvalue weighted by Gasteiger charge is 1.96. The maximum Gasteiger partial charge on any atom is 0.309 e. The monoisotopic (exact) mass is 180 g/mol. The van der Waals surface area contributed by atoms with E-state index in [1.54, 1.807) is 12.3 Å². The maximum atomic E-state index is 10.7. The summed E-state index contributed by atoms with van der Waals surface area (Å²) in [5.41, 5.74) is 1.98. The average molecular weight is 180 g/mol. The molecule has 0 spiro atoms. The SMILES string of the molecule is COC(=O)CC=Cc1cn[nH]c1C. The van der Waals surface area contributed by atoms with Crippen LogP contribution in [0.2, 0.25) is 0 Å². The van der Waals surface area contributed by atoms with Crippen LogP contribution >= 0.6 is 0 Å². The molecule has 0 bridgehead atoms. The number of aromatic amines is 1. The smallest absolute Gasteiger partial charge is 0.309 e. The topological polar surface area (TPSA) is 55.0 Å². The van der Waals surface area contributed by atoms with Gasteiger partial charge in [0.1, 0.15) is 0 Å². The molecule has 0 atom stereocenters. The zero-order chi connectivity index (χ0) is 9.68. The Labute approximate surface area is 76.6 Å². The fourth-order valence-corrected chi connectivity index (χ4v) is 0.894. The fraction of sp³-hybridized carbons (Fsp3) is 0.333. The lowest BCUT2D eigenvalue weighted by atomic mass is 10.2. The molecule has 1 rings (SSSR count). The van der Waals surface area contributed by atoms with E-state index in [9.17, 15) is 4.79 Å². The molecular weight excluding hydrogens is 168 g/mol. The zero-order valence-electron chi connectivity index (χ0n) is 7.70. The standard InChI is InChI=1S/C9H12N2O2/c1-7-8(6-10-11-7)4-3-5-9(12)13-2/h3-4,6H,5H2,1-2H3,(H,10,11). The number of carbonyl (C=O) groups is 1. The molecular formula is C9H12N2O2. The van der Waals surface area contributed by atoms with Crippen LogP contribution in [0.4, 0.5) is 0 Å². The van der Waals surface area contributed by atoms with Crippen LogP contribution in [0.1, 0.15) is 17.7 Å². The van der Waals surface area contributed by atoms with E-state index in [1.165, 1.54) is 7.11 Å². The summed E-state index contributed by atoms with van der Waals surface area (Å²) in [7, 11) is 1.37. The number of aryl methyl sites for hydroxylation is 1. The Morgan fingerprint density at radius 2 is 2.54 bits per heavy atom. The summed E-state index contributed by atoms with van der Waals surface area (Å²) < 4.78 is 4.49. The van der Waals surface area contributed by atoms with Crippen molar-refractivity contribution in [2.75, 3.05) is 7.11 Å². The second-order valence-corrected chi connectivity index (χ2v) is 2.63. The Bertz CT molecular complexity index is 315. The molecule has 0 unspecified atom stereocenters. The second-order valence-electron chi connectivity index (χ2n) is 2.63. The van der Waals surface area contributed by atoms with E-state index in [4.69, 9.17) is 0 Å². The summed E-state index contributed by atoms with van der Waals surface area (Å²) in [6.45, 7) is 1.92. The van der Waals surface area contributed by atoms with Gasteiger partial charge >= 0.3 is 5.97 Å². The van der Waals surface area contributed by atoms with Gasteiger partial charge in [-0.1, -0.05) is 12.2 Å². The van der Waals surface area contributed by atoms with Gasteiger partial charge in [-0.05, 0) is 6.92 Å². The Kier molecular flexibility index (Phi) is 3.25. The van der Waals surface area contributed by atoms with E-state index in [-0.39, 0.29) is 5.97 Å². The number of ether oxygens (including phenoxy) is 1. The first kappa shape index (κ1) is 9.51. The lowest BCUT2D eigenvalue weighted by molar-refractivity contribution is -0.139. The van der Waals surface area contributed by atoms with Gasteiger partial charge in [-0.2, -0.15) is 5.10 Å². The van der Waals surface area contributed by atoms with Gasteiger partial charge in [0, 0.05) is 11.3 Å². The summed E-state index contributed by atoms with van der Waals surface area (Å²) in [5, 5.41) is 6.65. The number of rotatable bonds is 3. The molecule has 0 saturated heterocycles. The molecule has 0 aliphatic heterocycles. The number of H-pyrrole nitrogens is 1. The second kappa shape index (κ2) is 4.45. The molecule has 0 fully saturated rings. The number of hydrogen-bond donors (Lipinski definition) is 1. The highest BCUT2D eigenvalue weighted by atomic mass is 16.5. The van der Waals surface area contributed by atoms with Crippen molar-refractivity contribution in [3.63, 3.8) is 0 Å². The highest BCUT2D eigenvalue weighted by molar-refractivity contribution is 5.72. The van der Waals surface area contributed by atoms with Crippen LogP contribution in [0.25, 0.3) is 6.08 Å². The Morgan fingerprint density at radius 3 is 3.08 bits per heavy atom. The van der Waals surface area contributed by atoms with Crippen molar-refractivity contribution in [3.8, 4) is 0 Å². The van der Waals surface area contributed by atoms with Crippen LogP contribution in [-0.2, 0) is 9.53 Å². The number of aromatic nitrogens is 2. The predicted molar refractivity (Wildman–Crippen MR) is 49.0 cm³/mol. The van der Waals surface area contributed by atoms with Crippen LogP contribution < -0.4 is 0 Å². The molecule has 0 aromatic carbocycles. The molecule has 1 N–H and O–H groups in total. The van der Waals surface area contributed by atoms with Crippen LogP contribution in [0.15, 0.2) is 12.3 Å². The lowest BCUT2D eigenvalue weighted by Crippen LogP contribution is -1.96. The van der Waals surface area contributed by atoms with Gasteiger partial charge in [0.2, 0.25) is 0 Å². The molecule has 4 nitrogen and oxygen atoms in total. The lowest BCUT2D eigenvalue weighted by Gasteiger charge is -1.91. The summed E-state index contributed by atoms with van der Waals surface area (Å²) in [6, 6.07) is 0. The Morgan fingerprint density at radius 1 is 1.77 bits per heavy atom. The van der Waals surface area contributed by atoms with Crippen molar-refractivity contribution >= 4 is 12.0 Å². The molecule has 0 amide bonds. The summed E-state index contributed by atoms with van der Waals surface area (Å²) >= 11 is 0. The van der Waals surface area contributed by atoms with Gasteiger partial charge in [-0.25, -0.2) is 0 Å². The van der Waals surface area contributed by atoms with E-state index in [2.05, 4.69) is 14.9 Å². The number of methoxy groups -OCH3 is 1. The number of carbonyl (C=O) groups excluding carboxylic acids is 1. The number of nitrogens with one attached hydrogen (secondary N) is 1. The number of hydrogen-bond acceptors (Lipinski definition) is 3. The first-order valence-electron chi connectivity index (χ1n) is 3.97. The predicted octanol–water partition coefficient (Wildman–Crippen LogP) is 1.29. The van der Waals surface area contributed by atoms with Crippen molar-refractivity contribution in [1.82, 2.24) is 10.2 Å². The molecule has 4 heteroatoms. The average Bonchev–Trinajstić information content (AvgIpc) is 2.52. The van der Waals surface area contributed by atoms with Gasteiger partial charge in [0.25, 0.3) is 0 Å². The minimum atomic E-state index is -0.239. The van der Waals surface area contributed by atoms with Crippen LogP contribution in [0.3, 0.4) is 0 Å². The van der Waals surface area contributed by atoms with E-state index >= 15 is 0 Å². The largest absolute Gasteiger partial charge is 0.469 e. The van der Waals surface area contributed by atoms with Gasteiger partial charge in [-0.15, -0.1) is 0 Å².